The molecule has 1 aliphatic heterocycles. The highest BCUT2D eigenvalue weighted by molar-refractivity contribution is 5.29. The lowest BCUT2D eigenvalue weighted by Gasteiger charge is -2.21. The minimum Gasteiger partial charge on any atom is -0.477 e. The normalized spacial score (nSPS) is 21.8. The average Bonchev–Trinajstić information content (AvgIpc) is 2.88. The number of hydrogen-bond donors (Lipinski definition) is 1. The van der Waals surface area contributed by atoms with Crippen LogP contribution in [0.5, 0.6) is 5.88 Å². The van der Waals surface area contributed by atoms with Crippen molar-refractivity contribution in [3.63, 3.8) is 0 Å². The summed E-state index contributed by atoms with van der Waals surface area (Å²) in [6, 6.07) is 0.290. The Morgan fingerprint density at radius 3 is 2.79 bits per heavy atom. The molecule has 1 aliphatic rings. The number of ether oxygens (including phenoxy) is 1. The Balaban J connectivity index is 2.06. The van der Waals surface area contributed by atoms with Crippen LogP contribution in [0.2, 0.25) is 0 Å². The number of rotatable bonds is 5. The Morgan fingerprint density at radius 1 is 1.47 bits per heavy atom. The Hall–Kier alpha value is -1.07. The number of nitrogens with zero attached hydrogens (tertiary/aromatic N) is 3. The van der Waals surface area contributed by atoms with Crippen LogP contribution in [0.4, 0.5) is 0 Å². The second-order valence-electron chi connectivity index (χ2n) is 5.44. The monoisotopic (exact) mass is 267 g/mol. The van der Waals surface area contributed by atoms with Gasteiger partial charge in [-0.2, -0.15) is 0 Å². The smallest absolute Gasteiger partial charge is 0.235 e. The lowest BCUT2D eigenvalue weighted by Crippen LogP contribution is -2.29. The van der Waals surface area contributed by atoms with E-state index in [0.717, 1.165) is 43.2 Å². The molecule has 2 heterocycles. The summed E-state index contributed by atoms with van der Waals surface area (Å²) in [5.74, 6) is 0.744. The fourth-order valence-corrected chi connectivity index (χ4v) is 2.71. The van der Waals surface area contributed by atoms with Crippen molar-refractivity contribution in [1.82, 2.24) is 14.7 Å². The van der Waals surface area contributed by atoms with Crippen molar-refractivity contribution in [3.05, 3.63) is 11.3 Å². The van der Waals surface area contributed by atoms with Crippen molar-refractivity contribution in [2.45, 2.75) is 46.3 Å². The second-order valence-corrected chi connectivity index (χ2v) is 5.44. The van der Waals surface area contributed by atoms with Crippen molar-refractivity contribution < 1.29 is 9.84 Å². The van der Waals surface area contributed by atoms with E-state index in [9.17, 15) is 5.11 Å². The molecule has 1 fully saturated rings. The maximum Gasteiger partial charge on any atom is 0.235 e. The van der Waals surface area contributed by atoms with Crippen LogP contribution in [0.25, 0.3) is 0 Å². The van der Waals surface area contributed by atoms with Gasteiger partial charge in [0.1, 0.15) is 0 Å². The molecule has 0 amide bonds. The average molecular weight is 267 g/mol. The summed E-state index contributed by atoms with van der Waals surface area (Å²) in [4.78, 5) is 2.30. The zero-order valence-corrected chi connectivity index (χ0v) is 12.4. The van der Waals surface area contributed by atoms with Crippen LogP contribution in [-0.2, 0) is 0 Å². The van der Waals surface area contributed by atoms with E-state index in [-0.39, 0.29) is 6.10 Å². The molecule has 0 radical (unpaired) electrons. The number of hydrogen-bond acceptors (Lipinski definition) is 4. The standard InChI is InChI=1S/C14H25N3O2/c1-5-19-14-11(3)12(4)17(15-14)10(2)8-16-7-6-13(18)9-16/h10,13,18H,5-9H2,1-4H3. The number of aromatic nitrogens is 2. The van der Waals surface area contributed by atoms with Gasteiger partial charge in [0, 0.05) is 30.9 Å². The summed E-state index contributed by atoms with van der Waals surface area (Å²) in [6.45, 7) is 11.6. The first-order chi connectivity index (χ1) is 9.02. The maximum absolute atomic E-state index is 9.57. The molecule has 0 saturated carbocycles. The molecule has 1 aromatic heterocycles. The molecule has 1 saturated heterocycles. The summed E-state index contributed by atoms with van der Waals surface area (Å²) < 4.78 is 7.60. The molecule has 2 rings (SSSR count). The Morgan fingerprint density at radius 2 is 2.21 bits per heavy atom. The maximum atomic E-state index is 9.57. The van der Waals surface area contributed by atoms with E-state index in [1.165, 1.54) is 0 Å². The molecule has 108 valence electrons. The van der Waals surface area contributed by atoms with Gasteiger partial charge in [-0.05, 0) is 34.1 Å². The molecule has 1 N–H and O–H groups in total. The van der Waals surface area contributed by atoms with Crippen molar-refractivity contribution in [1.29, 1.82) is 0 Å². The zero-order chi connectivity index (χ0) is 14.0. The predicted octanol–water partition coefficient (Wildman–Crippen LogP) is 1.53. The summed E-state index contributed by atoms with van der Waals surface area (Å²) in [7, 11) is 0. The van der Waals surface area contributed by atoms with Gasteiger partial charge in [-0.15, -0.1) is 5.10 Å². The lowest BCUT2D eigenvalue weighted by molar-refractivity contribution is 0.170. The Kier molecular flexibility index (Phi) is 4.47. The molecule has 2 unspecified atom stereocenters. The van der Waals surface area contributed by atoms with Crippen LogP contribution in [-0.4, -0.2) is 52.1 Å². The number of β-amino-alcohol motifs (C(OH)–C–C–N with tert-alkyl or cyclic N) is 1. The van der Waals surface area contributed by atoms with Gasteiger partial charge >= 0.3 is 0 Å². The third-order valence-corrected chi connectivity index (χ3v) is 3.87. The van der Waals surface area contributed by atoms with Crippen molar-refractivity contribution in [2.75, 3.05) is 26.2 Å². The molecule has 5 heteroatoms. The van der Waals surface area contributed by atoms with Gasteiger partial charge < -0.3 is 9.84 Å². The summed E-state index contributed by atoms with van der Waals surface area (Å²) in [6.07, 6.45) is 0.722. The highest BCUT2D eigenvalue weighted by Crippen LogP contribution is 2.24. The molecule has 2 atom stereocenters. The van der Waals surface area contributed by atoms with Crippen LogP contribution < -0.4 is 4.74 Å². The summed E-state index contributed by atoms with van der Waals surface area (Å²) in [5.41, 5.74) is 2.28. The third-order valence-electron chi connectivity index (χ3n) is 3.87. The van der Waals surface area contributed by atoms with Crippen LogP contribution in [0.3, 0.4) is 0 Å². The van der Waals surface area contributed by atoms with Gasteiger partial charge in [0.25, 0.3) is 0 Å². The number of aliphatic hydroxyl groups excluding tert-OH is 1. The summed E-state index contributed by atoms with van der Waals surface area (Å²) in [5, 5.41) is 14.1. The Bertz CT molecular complexity index is 431. The molecule has 0 bridgehead atoms. The second kappa shape index (κ2) is 5.92. The van der Waals surface area contributed by atoms with Gasteiger partial charge in [0.15, 0.2) is 0 Å². The van der Waals surface area contributed by atoms with E-state index in [2.05, 4.69) is 30.8 Å². The number of likely N-dealkylation sites (tertiary alicyclic amines) is 1. The van der Waals surface area contributed by atoms with Crippen LogP contribution >= 0.6 is 0 Å². The minimum atomic E-state index is -0.161. The molecule has 0 aromatic carbocycles. The Labute approximate surface area is 115 Å². The number of aliphatic hydroxyl groups is 1. The van der Waals surface area contributed by atoms with E-state index in [4.69, 9.17) is 4.74 Å². The molecule has 0 aliphatic carbocycles. The summed E-state index contributed by atoms with van der Waals surface area (Å²) >= 11 is 0. The zero-order valence-electron chi connectivity index (χ0n) is 12.4. The third kappa shape index (κ3) is 3.09. The van der Waals surface area contributed by atoms with Gasteiger partial charge in [-0.1, -0.05) is 0 Å². The molecular formula is C14H25N3O2. The minimum absolute atomic E-state index is 0.161. The van der Waals surface area contributed by atoms with Gasteiger partial charge in [-0.3, -0.25) is 9.58 Å². The first kappa shape index (κ1) is 14.3. The van der Waals surface area contributed by atoms with E-state index in [0.29, 0.717) is 12.6 Å². The van der Waals surface area contributed by atoms with Gasteiger partial charge in [0.05, 0.1) is 18.8 Å². The first-order valence-electron chi connectivity index (χ1n) is 7.11. The highest BCUT2D eigenvalue weighted by atomic mass is 16.5. The predicted molar refractivity (Wildman–Crippen MR) is 74.6 cm³/mol. The van der Waals surface area contributed by atoms with Crippen molar-refractivity contribution in [3.8, 4) is 5.88 Å². The van der Waals surface area contributed by atoms with Crippen LogP contribution in [0.1, 0.15) is 37.6 Å². The molecule has 19 heavy (non-hydrogen) atoms. The van der Waals surface area contributed by atoms with Crippen LogP contribution in [0, 0.1) is 13.8 Å². The fourth-order valence-electron chi connectivity index (χ4n) is 2.71. The highest BCUT2D eigenvalue weighted by Gasteiger charge is 2.23. The topological polar surface area (TPSA) is 50.5 Å². The largest absolute Gasteiger partial charge is 0.477 e. The van der Waals surface area contributed by atoms with Crippen molar-refractivity contribution >= 4 is 0 Å². The van der Waals surface area contributed by atoms with Gasteiger partial charge in [0.2, 0.25) is 5.88 Å². The quantitative estimate of drug-likeness (QED) is 0.879. The molecule has 5 nitrogen and oxygen atoms in total. The SMILES string of the molecule is CCOc1nn(C(C)CN2CCC(O)C2)c(C)c1C. The lowest BCUT2D eigenvalue weighted by atomic mass is 10.2. The van der Waals surface area contributed by atoms with E-state index in [1.807, 2.05) is 11.6 Å². The van der Waals surface area contributed by atoms with Crippen molar-refractivity contribution in [2.24, 2.45) is 0 Å². The van der Waals surface area contributed by atoms with Crippen LogP contribution in [0.15, 0.2) is 0 Å². The van der Waals surface area contributed by atoms with E-state index >= 15 is 0 Å². The van der Waals surface area contributed by atoms with E-state index in [1.54, 1.807) is 0 Å². The first-order valence-corrected chi connectivity index (χ1v) is 7.11. The van der Waals surface area contributed by atoms with Gasteiger partial charge in [-0.25, -0.2) is 0 Å². The fraction of sp³-hybridized carbons (Fsp3) is 0.786. The molecule has 1 aromatic rings. The molecular weight excluding hydrogens is 242 g/mol. The molecule has 0 spiro atoms. The van der Waals surface area contributed by atoms with E-state index < -0.39 is 0 Å².